The molecule has 2 saturated heterocycles. The topological polar surface area (TPSA) is 111 Å². The minimum Gasteiger partial charge on any atom is -0.494 e. The Bertz CT molecular complexity index is 975. The standard InChI is InChI=1S/C25H36N6O3/c1-4-34-20-7-5-19(6-8-20)16-26-24(32)25(33)9-11-31(12-10-25)23-14-17(2)13-21(28-23)27-22-15-18(3)29-30-22/h5-8,13-14,18,22,29-30,33H,4,9-12,15-16H2,1-3H3,(H,26,32)(H,27,28). The van der Waals surface area contributed by atoms with Gasteiger partial charge in [0, 0.05) is 38.5 Å². The molecule has 184 valence electrons. The number of amides is 1. The van der Waals surface area contributed by atoms with Crippen LogP contribution >= 0.6 is 0 Å². The largest absolute Gasteiger partial charge is 0.494 e. The maximum absolute atomic E-state index is 12.8. The number of nitrogens with one attached hydrogen (secondary N) is 4. The number of piperidine rings is 1. The fourth-order valence-corrected chi connectivity index (χ4v) is 4.42. The van der Waals surface area contributed by atoms with Crippen LogP contribution in [0.1, 0.15) is 44.2 Å². The molecule has 5 N–H and O–H groups in total. The zero-order chi connectivity index (χ0) is 24.1. The number of rotatable bonds is 8. The molecule has 2 unspecified atom stereocenters. The van der Waals surface area contributed by atoms with Crippen LogP contribution in [0.25, 0.3) is 0 Å². The summed E-state index contributed by atoms with van der Waals surface area (Å²) in [5.41, 5.74) is 7.14. The molecule has 0 bridgehead atoms. The number of benzene rings is 1. The van der Waals surface area contributed by atoms with Crippen LogP contribution < -0.4 is 31.1 Å². The van der Waals surface area contributed by atoms with Crippen molar-refractivity contribution in [1.29, 1.82) is 0 Å². The second kappa shape index (κ2) is 10.6. The highest BCUT2D eigenvalue weighted by Crippen LogP contribution is 2.27. The molecule has 34 heavy (non-hydrogen) atoms. The van der Waals surface area contributed by atoms with E-state index in [0.717, 1.165) is 34.9 Å². The number of hydrogen-bond donors (Lipinski definition) is 5. The number of hydrogen-bond acceptors (Lipinski definition) is 8. The van der Waals surface area contributed by atoms with Gasteiger partial charge in [-0.05, 0) is 62.6 Å². The van der Waals surface area contributed by atoms with Crippen LogP contribution in [-0.2, 0) is 11.3 Å². The van der Waals surface area contributed by atoms with Gasteiger partial charge in [0.2, 0.25) is 0 Å². The Morgan fingerprint density at radius 3 is 2.62 bits per heavy atom. The van der Waals surface area contributed by atoms with Gasteiger partial charge in [0.15, 0.2) is 0 Å². The SMILES string of the molecule is CCOc1ccc(CNC(=O)C2(O)CCN(c3cc(C)cc(NC4CC(C)NN4)n3)CC2)cc1. The number of carbonyl (C=O) groups is 1. The number of aliphatic hydroxyl groups is 1. The molecule has 1 aromatic heterocycles. The fraction of sp³-hybridized carbons (Fsp3) is 0.520. The van der Waals surface area contributed by atoms with Crippen molar-refractivity contribution in [3.8, 4) is 5.75 Å². The first-order valence-electron chi connectivity index (χ1n) is 12.1. The fourth-order valence-electron chi connectivity index (χ4n) is 4.42. The van der Waals surface area contributed by atoms with Crippen molar-refractivity contribution >= 4 is 17.5 Å². The summed E-state index contributed by atoms with van der Waals surface area (Å²) >= 11 is 0. The van der Waals surface area contributed by atoms with Crippen molar-refractivity contribution < 1.29 is 14.6 Å². The summed E-state index contributed by atoms with van der Waals surface area (Å²) in [7, 11) is 0. The summed E-state index contributed by atoms with van der Waals surface area (Å²) in [4.78, 5) is 19.7. The summed E-state index contributed by atoms with van der Waals surface area (Å²) in [6.07, 6.45) is 1.80. The minimum atomic E-state index is -1.37. The normalized spacial score (nSPS) is 21.8. The first-order chi connectivity index (χ1) is 16.3. The molecule has 1 aromatic carbocycles. The van der Waals surface area contributed by atoms with Crippen LogP contribution in [0.15, 0.2) is 36.4 Å². The molecule has 2 aliphatic heterocycles. The van der Waals surface area contributed by atoms with Crippen molar-refractivity contribution in [3.63, 3.8) is 0 Å². The molecule has 9 heteroatoms. The van der Waals surface area contributed by atoms with Gasteiger partial charge >= 0.3 is 0 Å². The second-order valence-electron chi connectivity index (χ2n) is 9.29. The maximum atomic E-state index is 12.8. The Kier molecular flexibility index (Phi) is 7.55. The lowest BCUT2D eigenvalue weighted by molar-refractivity contribution is -0.142. The van der Waals surface area contributed by atoms with Gasteiger partial charge in [-0.15, -0.1) is 0 Å². The quantitative estimate of drug-likeness (QED) is 0.401. The average molecular weight is 469 g/mol. The Labute approximate surface area is 201 Å². The van der Waals surface area contributed by atoms with Crippen LogP contribution in [-0.4, -0.2) is 53.5 Å². The van der Waals surface area contributed by atoms with E-state index in [1.807, 2.05) is 50.2 Å². The van der Waals surface area contributed by atoms with Crippen molar-refractivity contribution in [1.82, 2.24) is 21.2 Å². The number of anilines is 2. The summed E-state index contributed by atoms with van der Waals surface area (Å²) < 4.78 is 5.45. The molecule has 0 saturated carbocycles. The van der Waals surface area contributed by atoms with Crippen molar-refractivity contribution in [2.75, 3.05) is 29.9 Å². The number of ether oxygens (including phenoxy) is 1. The van der Waals surface area contributed by atoms with Crippen LogP contribution in [0.5, 0.6) is 5.75 Å². The molecule has 2 aliphatic rings. The molecule has 9 nitrogen and oxygen atoms in total. The van der Waals surface area contributed by atoms with Gasteiger partial charge in [0.1, 0.15) is 23.0 Å². The van der Waals surface area contributed by atoms with E-state index >= 15 is 0 Å². The minimum absolute atomic E-state index is 0.127. The molecular formula is C25H36N6O3. The maximum Gasteiger partial charge on any atom is 0.252 e. The molecule has 2 aromatic rings. The predicted molar refractivity (Wildman–Crippen MR) is 133 cm³/mol. The van der Waals surface area contributed by atoms with Crippen LogP contribution in [0.2, 0.25) is 0 Å². The summed E-state index contributed by atoms with van der Waals surface area (Å²) in [6, 6.07) is 12.1. The molecule has 0 spiro atoms. The van der Waals surface area contributed by atoms with E-state index in [1.54, 1.807) is 0 Å². The van der Waals surface area contributed by atoms with E-state index in [0.29, 0.717) is 45.1 Å². The van der Waals surface area contributed by atoms with Gasteiger partial charge in [-0.1, -0.05) is 12.1 Å². The lowest BCUT2D eigenvalue weighted by atomic mass is 9.90. The van der Waals surface area contributed by atoms with E-state index in [2.05, 4.69) is 33.3 Å². The van der Waals surface area contributed by atoms with Crippen molar-refractivity contribution in [3.05, 3.63) is 47.5 Å². The van der Waals surface area contributed by atoms with E-state index < -0.39 is 5.60 Å². The predicted octanol–water partition coefficient (Wildman–Crippen LogP) is 2.06. The first kappa shape index (κ1) is 24.3. The Morgan fingerprint density at radius 2 is 1.97 bits per heavy atom. The summed E-state index contributed by atoms with van der Waals surface area (Å²) in [6.45, 7) is 8.23. The number of carbonyl (C=O) groups excluding carboxylic acids is 1. The lowest BCUT2D eigenvalue weighted by Crippen LogP contribution is -2.53. The number of aryl methyl sites for hydroxylation is 1. The van der Waals surface area contributed by atoms with Crippen LogP contribution in [0.4, 0.5) is 11.6 Å². The highest BCUT2D eigenvalue weighted by molar-refractivity contribution is 5.85. The van der Waals surface area contributed by atoms with E-state index in [1.165, 1.54) is 0 Å². The molecule has 3 heterocycles. The third-order valence-electron chi connectivity index (χ3n) is 6.40. The molecule has 2 atom stereocenters. The van der Waals surface area contributed by atoms with Gasteiger partial charge in [-0.3, -0.25) is 10.2 Å². The smallest absolute Gasteiger partial charge is 0.252 e. The highest BCUT2D eigenvalue weighted by atomic mass is 16.5. The van der Waals surface area contributed by atoms with Gasteiger partial charge in [-0.2, -0.15) is 0 Å². The third-order valence-corrected chi connectivity index (χ3v) is 6.40. The Hall–Kier alpha value is -2.88. The molecule has 2 fully saturated rings. The van der Waals surface area contributed by atoms with Gasteiger partial charge in [0.05, 0.1) is 12.8 Å². The van der Waals surface area contributed by atoms with Gasteiger partial charge < -0.3 is 25.4 Å². The zero-order valence-corrected chi connectivity index (χ0v) is 20.2. The monoisotopic (exact) mass is 468 g/mol. The van der Waals surface area contributed by atoms with Gasteiger partial charge in [-0.25, -0.2) is 10.4 Å². The van der Waals surface area contributed by atoms with E-state index in [-0.39, 0.29) is 12.1 Å². The van der Waals surface area contributed by atoms with Gasteiger partial charge in [0.25, 0.3) is 5.91 Å². The third kappa shape index (κ3) is 5.97. The van der Waals surface area contributed by atoms with E-state index in [4.69, 9.17) is 9.72 Å². The number of hydrazine groups is 1. The van der Waals surface area contributed by atoms with Crippen LogP contribution in [0, 0.1) is 6.92 Å². The lowest BCUT2D eigenvalue weighted by Gasteiger charge is -2.37. The molecule has 1 amide bonds. The average Bonchev–Trinajstić information content (AvgIpc) is 3.23. The van der Waals surface area contributed by atoms with Crippen LogP contribution in [0.3, 0.4) is 0 Å². The number of nitrogens with zero attached hydrogens (tertiary/aromatic N) is 2. The second-order valence-corrected chi connectivity index (χ2v) is 9.29. The van der Waals surface area contributed by atoms with Crippen molar-refractivity contribution in [2.45, 2.75) is 64.4 Å². The molecule has 0 aliphatic carbocycles. The number of pyridine rings is 1. The molecule has 0 radical (unpaired) electrons. The summed E-state index contributed by atoms with van der Waals surface area (Å²) in [5.74, 6) is 2.16. The molecule has 4 rings (SSSR count). The molecular weight excluding hydrogens is 432 g/mol. The van der Waals surface area contributed by atoms with Crippen molar-refractivity contribution in [2.24, 2.45) is 0 Å². The first-order valence-corrected chi connectivity index (χ1v) is 12.1. The zero-order valence-electron chi connectivity index (χ0n) is 20.2. The van der Waals surface area contributed by atoms with E-state index in [9.17, 15) is 9.90 Å². The highest BCUT2D eigenvalue weighted by Gasteiger charge is 2.39. The number of aromatic nitrogens is 1. The summed E-state index contributed by atoms with van der Waals surface area (Å²) in [5, 5.41) is 17.3. The Balaban J connectivity index is 1.31. The Morgan fingerprint density at radius 1 is 1.24 bits per heavy atom.